The predicted molar refractivity (Wildman–Crippen MR) is 124 cm³/mol. The number of carbonyl (C=O) groups excluding carboxylic acids is 2. The second-order valence-electron chi connectivity index (χ2n) is 8.17. The van der Waals surface area contributed by atoms with E-state index in [-0.39, 0.29) is 12.2 Å². The second kappa shape index (κ2) is 9.49. The van der Waals surface area contributed by atoms with E-state index in [1.54, 1.807) is 36.4 Å². The number of benzene rings is 3. The molecule has 3 aromatic carbocycles. The van der Waals surface area contributed by atoms with Crippen LogP contribution in [0.5, 0.6) is 5.75 Å². The van der Waals surface area contributed by atoms with E-state index in [1.807, 2.05) is 24.3 Å². The van der Waals surface area contributed by atoms with Crippen molar-refractivity contribution in [2.24, 2.45) is 0 Å². The number of ether oxygens (including phenoxy) is 2. The van der Waals surface area contributed by atoms with E-state index in [2.05, 4.69) is 5.32 Å². The Morgan fingerprint density at radius 2 is 1.88 bits per heavy atom. The Kier molecular flexibility index (Phi) is 6.10. The second-order valence-corrected chi connectivity index (χ2v) is 8.17. The minimum absolute atomic E-state index is 0.230. The maximum Gasteiger partial charge on any atom is 0.345 e. The molecule has 7 heteroatoms. The van der Waals surface area contributed by atoms with Crippen molar-refractivity contribution in [2.45, 2.75) is 25.5 Å². The van der Waals surface area contributed by atoms with Gasteiger partial charge in [-0.1, -0.05) is 24.3 Å². The lowest BCUT2D eigenvalue weighted by Crippen LogP contribution is -2.33. The van der Waals surface area contributed by atoms with E-state index >= 15 is 0 Å². The first kappa shape index (κ1) is 21.9. The summed E-state index contributed by atoms with van der Waals surface area (Å²) >= 11 is 0. The third kappa shape index (κ3) is 4.70. The Labute approximate surface area is 195 Å². The first-order chi connectivity index (χ1) is 16.6. The molecule has 1 aliphatic heterocycles. The predicted octanol–water partition coefficient (Wildman–Crippen LogP) is 5.25. The fourth-order valence-corrected chi connectivity index (χ4v) is 4.01. The highest BCUT2D eigenvalue weighted by Crippen LogP contribution is 2.29. The molecule has 0 bridgehead atoms. The molecule has 1 aliphatic rings. The summed E-state index contributed by atoms with van der Waals surface area (Å²) in [6, 6.07) is 18.7. The molecular weight excluding hydrogens is 437 g/mol. The zero-order valence-corrected chi connectivity index (χ0v) is 18.3. The molecule has 2 heterocycles. The van der Waals surface area contributed by atoms with E-state index in [0.717, 1.165) is 29.7 Å². The molecule has 172 valence electrons. The van der Waals surface area contributed by atoms with Crippen molar-refractivity contribution in [3.05, 3.63) is 89.9 Å². The van der Waals surface area contributed by atoms with Crippen molar-refractivity contribution in [2.75, 3.05) is 6.54 Å². The molecular formula is C27H22FNO5. The van der Waals surface area contributed by atoms with Gasteiger partial charge in [0.1, 0.15) is 18.4 Å². The number of hydrogen-bond acceptors (Lipinski definition) is 6. The van der Waals surface area contributed by atoms with Crippen LogP contribution in [0.25, 0.3) is 22.1 Å². The summed E-state index contributed by atoms with van der Waals surface area (Å²) in [6.07, 6.45) is 3.03. The Hall–Kier alpha value is -3.97. The molecule has 0 amide bonds. The van der Waals surface area contributed by atoms with E-state index in [4.69, 9.17) is 13.9 Å². The number of rotatable bonds is 6. The number of hydrogen-bond donors (Lipinski definition) is 1. The zero-order chi connectivity index (χ0) is 23.5. The number of nitrogens with one attached hydrogen (secondary N) is 1. The number of carbonyl (C=O) groups is 2. The molecule has 1 aromatic heterocycles. The number of halogens is 1. The van der Waals surface area contributed by atoms with Crippen molar-refractivity contribution >= 4 is 22.9 Å². The fraction of sp³-hybridized carbons (Fsp3) is 0.185. The fourth-order valence-electron chi connectivity index (χ4n) is 4.01. The van der Waals surface area contributed by atoms with Crippen LogP contribution in [-0.4, -0.2) is 24.5 Å². The van der Waals surface area contributed by atoms with Gasteiger partial charge in [0.05, 0.1) is 11.8 Å². The molecule has 0 unspecified atom stereocenters. The van der Waals surface area contributed by atoms with E-state index in [1.165, 1.54) is 12.3 Å². The van der Waals surface area contributed by atoms with Crippen LogP contribution in [0.15, 0.2) is 77.4 Å². The summed E-state index contributed by atoms with van der Waals surface area (Å²) in [5.74, 6) is -0.996. The van der Waals surface area contributed by atoms with Gasteiger partial charge in [-0.05, 0) is 78.5 Å². The van der Waals surface area contributed by atoms with Gasteiger partial charge < -0.3 is 19.2 Å². The maximum atomic E-state index is 14.2. The summed E-state index contributed by atoms with van der Waals surface area (Å²) in [6.45, 7) is 0.979. The average Bonchev–Trinajstić information content (AvgIpc) is 3.56. The van der Waals surface area contributed by atoms with Gasteiger partial charge in [-0.2, -0.15) is 0 Å². The molecule has 1 fully saturated rings. The lowest BCUT2D eigenvalue weighted by Gasteiger charge is -2.10. The molecule has 1 saturated heterocycles. The molecule has 0 aliphatic carbocycles. The third-order valence-corrected chi connectivity index (χ3v) is 5.80. The standard InChI is InChI=1S/C27H22FNO5/c28-23-15-21(14-19-10-12-32-25(19)23)18-6-8-22(9-7-18)33-16-17-3-1-4-20(13-17)26(30)34-27(31)24-5-2-11-29-24/h1,3-4,6-10,12-15,24,29H,2,5,11,16H2/t24-/m0/s1. The molecule has 1 N–H and O–H groups in total. The van der Waals surface area contributed by atoms with Crippen LogP contribution >= 0.6 is 0 Å². The molecule has 34 heavy (non-hydrogen) atoms. The van der Waals surface area contributed by atoms with E-state index < -0.39 is 23.8 Å². The molecule has 5 rings (SSSR count). The van der Waals surface area contributed by atoms with Crippen LogP contribution in [0.4, 0.5) is 4.39 Å². The first-order valence-corrected chi connectivity index (χ1v) is 11.1. The minimum Gasteiger partial charge on any atom is -0.489 e. The van der Waals surface area contributed by atoms with Gasteiger partial charge >= 0.3 is 11.9 Å². The van der Waals surface area contributed by atoms with Crippen molar-refractivity contribution in [1.82, 2.24) is 5.32 Å². The van der Waals surface area contributed by atoms with Crippen molar-refractivity contribution < 1.29 is 27.9 Å². The summed E-state index contributed by atoms with van der Waals surface area (Å²) in [5.41, 5.74) is 2.89. The van der Waals surface area contributed by atoms with Gasteiger partial charge in [0, 0.05) is 5.39 Å². The van der Waals surface area contributed by atoms with E-state index in [0.29, 0.717) is 23.1 Å². The van der Waals surface area contributed by atoms with Gasteiger partial charge in [-0.15, -0.1) is 0 Å². The van der Waals surface area contributed by atoms with Crippen LogP contribution in [0, 0.1) is 5.82 Å². The quantitative estimate of drug-likeness (QED) is 0.313. The van der Waals surface area contributed by atoms with Gasteiger partial charge in [-0.25, -0.2) is 14.0 Å². The van der Waals surface area contributed by atoms with Crippen LogP contribution in [-0.2, 0) is 16.1 Å². The van der Waals surface area contributed by atoms with Crippen LogP contribution in [0.2, 0.25) is 0 Å². The molecule has 0 radical (unpaired) electrons. The molecule has 6 nitrogen and oxygen atoms in total. The van der Waals surface area contributed by atoms with Gasteiger partial charge in [0.2, 0.25) is 0 Å². The van der Waals surface area contributed by atoms with Crippen LogP contribution in [0.3, 0.4) is 0 Å². The molecule has 4 aromatic rings. The first-order valence-electron chi connectivity index (χ1n) is 11.1. The highest BCUT2D eigenvalue weighted by atomic mass is 19.1. The number of esters is 2. The lowest BCUT2D eigenvalue weighted by molar-refractivity contribution is -0.139. The van der Waals surface area contributed by atoms with Crippen LogP contribution < -0.4 is 10.1 Å². The smallest absolute Gasteiger partial charge is 0.345 e. The summed E-state index contributed by atoms with van der Waals surface area (Å²) in [5, 5.41) is 3.72. The SMILES string of the molecule is O=C(OC(=O)[C@@H]1CCCN1)c1cccc(COc2ccc(-c3cc(F)c4occc4c3)cc2)c1. The largest absolute Gasteiger partial charge is 0.489 e. The highest BCUT2D eigenvalue weighted by molar-refractivity contribution is 5.98. The summed E-state index contributed by atoms with van der Waals surface area (Å²) < 4.78 is 30.2. The monoisotopic (exact) mass is 459 g/mol. The zero-order valence-electron chi connectivity index (χ0n) is 18.3. The average molecular weight is 459 g/mol. The molecule has 1 atom stereocenters. The Bertz CT molecular complexity index is 1340. The Morgan fingerprint density at radius 3 is 2.68 bits per heavy atom. The number of fused-ring (bicyclic) bond motifs is 1. The lowest BCUT2D eigenvalue weighted by atomic mass is 10.0. The maximum absolute atomic E-state index is 14.2. The minimum atomic E-state index is -0.674. The highest BCUT2D eigenvalue weighted by Gasteiger charge is 2.26. The molecule has 0 spiro atoms. The Balaban J connectivity index is 1.22. The van der Waals surface area contributed by atoms with Crippen molar-refractivity contribution in [3.8, 4) is 16.9 Å². The van der Waals surface area contributed by atoms with Crippen LogP contribution in [0.1, 0.15) is 28.8 Å². The van der Waals surface area contributed by atoms with Crippen molar-refractivity contribution in [1.29, 1.82) is 0 Å². The number of furan rings is 1. The van der Waals surface area contributed by atoms with Gasteiger partial charge in [0.25, 0.3) is 0 Å². The van der Waals surface area contributed by atoms with E-state index in [9.17, 15) is 14.0 Å². The van der Waals surface area contributed by atoms with Gasteiger partial charge in [-0.3, -0.25) is 0 Å². The topological polar surface area (TPSA) is 77.8 Å². The van der Waals surface area contributed by atoms with Gasteiger partial charge in [0.15, 0.2) is 11.4 Å². The third-order valence-electron chi connectivity index (χ3n) is 5.80. The van der Waals surface area contributed by atoms with Crippen molar-refractivity contribution in [3.63, 3.8) is 0 Å². The Morgan fingerprint density at radius 1 is 1.03 bits per heavy atom. The normalized spacial score (nSPS) is 15.4. The molecule has 0 saturated carbocycles. The summed E-state index contributed by atoms with van der Waals surface area (Å²) in [4.78, 5) is 24.4. The summed E-state index contributed by atoms with van der Waals surface area (Å²) in [7, 11) is 0.